The predicted octanol–water partition coefficient (Wildman–Crippen LogP) is -1.87. The number of hydrogen-bond donors (Lipinski definition) is 1. The van der Waals surface area contributed by atoms with Gasteiger partial charge in [0.2, 0.25) is 11.8 Å². The lowest BCUT2D eigenvalue weighted by atomic mass is 10.2. The molecule has 0 bridgehead atoms. The molecule has 6 nitrogen and oxygen atoms in total. The number of nitrogens with one attached hydrogen (secondary N) is 1. The summed E-state index contributed by atoms with van der Waals surface area (Å²) in [6.07, 6.45) is 0.517. The minimum absolute atomic E-state index is 0.0631. The predicted molar refractivity (Wildman–Crippen MR) is 51.8 cm³/mol. The van der Waals surface area contributed by atoms with E-state index in [0.717, 1.165) is 0 Å². The van der Waals surface area contributed by atoms with Gasteiger partial charge in [0.1, 0.15) is 0 Å². The molecule has 2 amide bonds. The van der Waals surface area contributed by atoms with Gasteiger partial charge in [0.15, 0.2) is 9.84 Å². The van der Waals surface area contributed by atoms with Crippen LogP contribution in [-0.2, 0) is 19.4 Å². The number of amides is 2. The van der Waals surface area contributed by atoms with Gasteiger partial charge in [-0.1, -0.05) is 0 Å². The summed E-state index contributed by atoms with van der Waals surface area (Å²) in [6, 6.07) is -0.176. The summed E-state index contributed by atoms with van der Waals surface area (Å²) in [6.45, 7) is 0.234. The summed E-state index contributed by atoms with van der Waals surface area (Å²) in [7, 11) is -2.96. The first kappa shape index (κ1) is 10.6. The van der Waals surface area contributed by atoms with E-state index in [9.17, 15) is 18.0 Å². The van der Waals surface area contributed by atoms with E-state index in [4.69, 9.17) is 0 Å². The fraction of sp³-hybridized carbons (Fsp3) is 0.750. The van der Waals surface area contributed by atoms with Crippen molar-refractivity contribution in [3.63, 3.8) is 0 Å². The van der Waals surface area contributed by atoms with Crippen molar-refractivity contribution in [3.8, 4) is 0 Å². The molecule has 0 saturated carbocycles. The zero-order chi connectivity index (χ0) is 11.1. The molecule has 2 heterocycles. The zero-order valence-electron chi connectivity index (χ0n) is 8.10. The third-order valence-electron chi connectivity index (χ3n) is 2.70. The first-order chi connectivity index (χ1) is 6.96. The summed E-state index contributed by atoms with van der Waals surface area (Å²) in [5, 5.41) is 2.18. The molecule has 2 saturated heterocycles. The zero-order valence-corrected chi connectivity index (χ0v) is 8.92. The van der Waals surface area contributed by atoms with Crippen molar-refractivity contribution in [1.29, 1.82) is 0 Å². The smallest absolute Gasteiger partial charge is 0.240 e. The lowest BCUT2D eigenvalue weighted by Crippen LogP contribution is -2.54. The van der Waals surface area contributed by atoms with E-state index < -0.39 is 9.84 Å². The van der Waals surface area contributed by atoms with Crippen LogP contribution < -0.4 is 5.32 Å². The van der Waals surface area contributed by atoms with Crippen molar-refractivity contribution in [2.45, 2.75) is 12.5 Å². The summed E-state index contributed by atoms with van der Waals surface area (Å²) < 4.78 is 22.5. The molecule has 0 radical (unpaired) electrons. The van der Waals surface area contributed by atoms with Gasteiger partial charge in [-0.25, -0.2) is 8.42 Å². The minimum Gasteiger partial charge on any atom is -0.294 e. The molecule has 0 spiro atoms. The number of nitrogens with zero attached hydrogens (tertiary/aromatic N) is 1. The van der Waals surface area contributed by atoms with Gasteiger partial charge in [0.25, 0.3) is 0 Å². The molecule has 1 N–H and O–H groups in total. The van der Waals surface area contributed by atoms with Crippen LogP contribution in [0.3, 0.4) is 0 Å². The lowest BCUT2D eigenvalue weighted by molar-refractivity contribution is -0.136. The van der Waals surface area contributed by atoms with Crippen molar-refractivity contribution in [1.82, 2.24) is 10.2 Å². The molecule has 2 aliphatic heterocycles. The second-order valence-electron chi connectivity index (χ2n) is 3.93. The Morgan fingerprint density at radius 2 is 1.80 bits per heavy atom. The molecule has 84 valence electrons. The number of carbonyl (C=O) groups is 2. The molecular formula is C8H12N2O4S. The van der Waals surface area contributed by atoms with Crippen LogP contribution in [0.4, 0.5) is 0 Å². The Hall–Kier alpha value is -0.950. The minimum atomic E-state index is -2.96. The first-order valence-electron chi connectivity index (χ1n) is 4.73. The van der Waals surface area contributed by atoms with Gasteiger partial charge in [-0.05, 0) is 6.42 Å². The lowest BCUT2D eigenvalue weighted by Gasteiger charge is -2.29. The first-order valence-corrected chi connectivity index (χ1v) is 6.55. The Labute approximate surface area is 87.5 Å². The maximum absolute atomic E-state index is 11.2. The van der Waals surface area contributed by atoms with Crippen LogP contribution in [0.15, 0.2) is 0 Å². The van der Waals surface area contributed by atoms with Gasteiger partial charge in [0.05, 0.1) is 24.6 Å². The van der Waals surface area contributed by atoms with Crippen molar-refractivity contribution in [2.24, 2.45) is 0 Å². The van der Waals surface area contributed by atoms with Gasteiger partial charge in [0, 0.05) is 6.04 Å². The molecule has 1 unspecified atom stereocenters. The fourth-order valence-electron chi connectivity index (χ4n) is 1.98. The molecule has 1 atom stereocenters. The van der Waals surface area contributed by atoms with Gasteiger partial charge >= 0.3 is 0 Å². The van der Waals surface area contributed by atoms with Crippen LogP contribution in [0, 0.1) is 0 Å². The Balaban J connectivity index is 2.06. The van der Waals surface area contributed by atoms with Crippen molar-refractivity contribution in [3.05, 3.63) is 0 Å². The fourth-order valence-corrected chi connectivity index (χ4v) is 3.74. The van der Waals surface area contributed by atoms with Gasteiger partial charge in [-0.3, -0.25) is 19.8 Å². The van der Waals surface area contributed by atoms with E-state index in [1.54, 1.807) is 4.90 Å². The average Bonchev–Trinajstić information content (AvgIpc) is 2.44. The molecule has 0 aromatic carbocycles. The maximum Gasteiger partial charge on any atom is 0.240 e. The average molecular weight is 232 g/mol. The largest absolute Gasteiger partial charge is 0.294 e. The third kappa shape index (κ3) is 2.35. The Morgan fingerprint density at radius 3 is 2.27 bits per heavy atom. The van der Waals surface area contributed by atoms with E-state index in [1.165, 1.54) is 0 Å². The quantitative estimate of drug-likeness (QED) is 0.536. The number of carbonyl (C=O) groups excluding carboxylic acids is 2. The highest BCUT2D eigenvalue weighted by Crippen LogP contribution is 2.18. The summed E-state index contributed by atoms with van der Waals surface area (Å²) >= 11 is 0. The third-order valence-corrected chi connectivity index (χ3v) is 4.45. The molecule has 0 aromatic heterocycles. The maximum atomic E-state index is 11.2. The van der Waals surface area contributed by atoms with E-state index >= 15 is 0 Å². The Kier molecular flexibility index (Phi) is 2.51. The second kappa shape index (κ2) is 3.57. The van der Waals surface area contributed by atoms with E-state index in [-0.39, 0.29) is 42.5 Å². The normalized spacial score (nSPS) is 31.6. The molecule has 2 aliphatic rings. The monoisotopic (exact) mass is 232 g/mol. The summed E-state index contributed by atoms with van der Waals surface area (Å²) in [4.78, 5) is 23.8. The van der Waals surface area contributed by atoms with Crippen molar-refractivity contribution >= 4 is 21.7 Å². The topological polar surface area (TPSA) is 83.6 Å². The van der Waals surface area contributed by atoms with Crippen LogP contribution in [0.5, 0.6) is 0 Å². The number of sulfone groups is 1. The van der Waals surface area contributed by atoms with Crippen LogP contribution in [0.1, 0.15) is 6.42 Å². The Bertz CT molecular complexity index is 387. The standard InChI is InChI=1S/C8H12N2O4S/c11-7-3-10(4-8(12)9-7)6-1-2-15(13,14)5-6/h6H,1-5H2,(H,9,11,12). The summed E-state index contributed by atoms with van der Waals surface area (Å²) in [5.74, 6) is -0.483. The van der Waals surface area contributed by atoms with Gasteiger partial charge in [-0.2, -0.15) is 0 Å². The molecule has 15 heavy (non-hydrogen) atoms. The molecule has 0 aromatic rings. The van der Waals surface area contributed by atoms with E-state index in [1.807, 2.05) is 0 Å². The highest BCUT2D eigenvalue weighted by atomic mass is 32.2. The SMILES string of the molecule is O=C1CN(C2CCS(=O)(=O)C2)CC(=O)N1. The molecule has 2 fully saturated rings. The highest BCUT2D eigenvalue weighted by molar-refractivity contribution is 7.91. The van der Waals surface area contributed by atoms with Crippen LogP contribution >= 0.6 is 0 Å². The number of rotatable bonds is 1. The highest BCUT2D eigenvalue weighted by Gasteiger charge is 2.35. The molecule has 0 aliphatic carbocycles. The second-order valence-corrected chi connectivity index (χ2v) is 6.16. The van der Waals surface area contributed by atoms with Gasteiger partial charge < -0.3 is 0 Å². The van der Waals surface area contributed by atoms with Crippen molar-refractivity contribution < 1.29 is 18.0 Å². The van der Waals surface area contributed by atoms with Crippen molar-refractivity contribution in [2.75, 3.05) is 24.6 Å². The molecule has 2 rings (SSSR count). The number of imide groups is 1. The molecule has 7 heteroatoms. The van der Waals surface area contributed by atoms with Crippen LogP contribution in [-0.4, -0.2) is 55.8 Å². The van der Waals surface area contributed by atoms with Gasteiger partial charge in [-0.15, -0.1) is 0 Å². The number of piperazine rings is 1. The van der Waals surface area contributed by atoms with E-state index in [0.29, 0.717) is 6.42 Å². The Morgan fingerprint density at radius 1 is 1.20 bits per heavy atom. The number of hydrogen-bond acceptors (Lipinski definition) is 5. The molecular weight excluding hydrogens is 220 g/mol. The summed E-state index contributed by atoms with van der Waals surface area (Å²) in [5.41, 5.74) is 0. The van der Waals surface area contributed by atoms with Crippen LogP contribution in [0.2, 0.25) is 0 Å². The van der Waals surface area contributed by atoms with E-state index in [2.05, 4.69) is 5.32 Å². The van der Waals surface area contributed by atoms with Crippen LogP contribution in [0.25, 0.3) is 0 Å².